The summed E-state index contributed by atoms with van der Waals surface area (Å²) < 4.78 is 1.82. The quantitative estimate of drug-likeness (QED) is 0.476. The number of amides is 1. The van der Waals surface area contributed by atoms with Gasteiger partial charge in [-0.1, -0.05) is 42.8 Å². The van der Waals surface area contributed by atoms with Crippen LogP contribution < -0.4 is 5.32 Å². The van der Waals surface area contributed by atoms with Gasteiger partial charge >= 0.3 is 0 Å². The van der Waals surface area contributed by atoms with Crippen molar-refractivity contribution in [2.24, 2.45) is 7.05 Å². The number of anilines is 1. The highest BCUT2D eigenvalue weighted by atomic mass is 35.5. The summed E-state index contributed by atoms with van der Waals surface area (Å²) in [7, 11) is 1.89. The van der Waals surface area contributed by atoms with Gasteiger partial charge in [0.25, 0.3) is 5.91 Å². The van der Waals surface area contributed by atoms with E-state index in [1.807, 2.05) is 66.3 Å². The van der Waals surface area contributed by atoms with Crippen LogP contribution in [0.1, 0.15) is 22.2 Å². The normalized spacial score (nSPS) is 11.1. The van der Waals surface area contributed by atoms with Gasteiger partial charge in [0, 0.05) is 28.7 Å². The molecule has 1 amide bonds. The second-order valence-electron chi connectivity index (χ2n) is 6.31. The molecule has 4 nitrogen and oxygen atoms in total. The van der Waals surface area contributed by atoms with E-state index in [0.717, 1.165) is 33.6 Å². The fourth-order valence-electron chi connectivity index (χ4n) is 2.99. The molecule has 136 valence electrons. The third-order valence-electron chi connectivity index (χ3n) is 4.47. The number of aryl methyl sites for hydroxylation is 2. The summed E-state index contributed by atoms with van der Waals surface area (Å²) in [6.07, 6.45) is 0.977. The molecule has 0 bridgehead atoms. The Balaban J connectivity index is 1.65. The van der Waals surface area contributed by atoms with Crippen molar-refractivity contribution in [3.05, 3.63) is 70.1 Å². The molecule has 0 radical (unpaired) electrons. The van der Waals surface area contributed by atoms with Crippen LogP contribution in [0.4, 0.5) is 5.69 Å². The number of carbonyl (C=O) groups is 1. The SMILES string of the molecule is CCc1ccc(NC(=O)c2cc3c(-c4ccc(Cl)cc4)nn(C)c3s2)cc1. The third-order valence-corrected chi connectivity index (χ3v) is 5.93. The van der Waals surface area contributed by atoms with E-state index in [-0.39, 0.29) is 5.91 Å². The predicted octanol–water partition coefficient (Wildman–Crippen LogP) is 5.77. The number of rotatable bonds is 4. The van der Waals surface area contributed by atoms with Gasteiger partial charge in [-0.25, -0.2) is 0 Å². The van der Waals surface area contributed by atoms with Crippen molar-refractivity contribution in [2.45, 2.75) is 13.3 Å². The van der Waals surface area contributed by atoms with Crippen molar-refractivity contribution in [3.63, 3.8) is 0 Å². The lowest BCUT2D eigenvalue weighted by Crippen LogP contribution is -2.10. The van der Waals surface area contributed by atoms with Crippen LogP contribution in [0.5, 0.6) is 0 Å². The third kappa shape index (κ3) is 3.48. The monoisotopic (exact) mass is 395 g/mol. The van der Waals surface area contributed by atoms with Crippen LogP contribution in [0, 0.1) is 0 Å². The summed E-state index contributed by atoms with van der Waals surface area (Å²) >= 11 is 7.43. The standard InChI is InChI=1S/C21H18ClN3OS/c1-3-13-4-10-16(11-5-13)23-20(26)18-12-17-19(24-25(2)21(17)27-18)14-6-8-15(22)9-7-14/h4-12H,3H2,1-2H3,(H,23,26). The first-order valence-electron chi connectivity index (χ1n) is 8.68. The first-order chi connectivity index (χ1) is 13.0. The van der Waals surface area contributed by atoms with Gasteiger partial charge in [-0.2, -0.15) is 5.10 Å². The van der Waals surface area contributed by atoms with Gasteiger partial charge in [-0.3, -0.25) is 9.48 Å². The number of halogens is 1. The lowest BCUT2D eigenvalue weighted by Gasteiger charge is -2.04. The van der Waals surface area contributed by atoms with Gasteiger partial charge in [-0.15, -0.1) is 11.3 Å². The number of nitrogens with one attached hydrogen (secondary N) is 1. The zero-order chi connectivity index (χ0) is 19.0. The zero-order valence-electron chi connectivity index (χ0n) is 15.0. The second-order valence-corrected chi connectivity index (χ2v) is 7.78. The van der Waals surface area contributed by atoms with E-state index in [4.69, 9.17) is 11.6 Å². The highest BCUT2D eigenvalue weighted by Gasteiger charge is 2.18. The fourth-order valence-corrected chi connectivity index (χ4v) is 4.08. The summed E-state index contributed by atoms with van der Waals surface area (Å²) in [5.74, 6) is -0.109. The molecule has 4 aromatic rings. The fraction of sp³-hybridized carbons (Fsp3) is 0.143. The summed E-state index contributed by atoms with van der Waals surface area (Å²) in [6.45, 7) is 2.11. The van der Waals surface area contributed by atoms with Crippen LogP contribution in [0.3, 0.4) is 0 Å². The van der Waals surface area contributed by atoms with Crippen LogP contribution in [-0.2, 0) is 13.5 Å². The number of thiophene rings is 1. The van der Waals surface area contributed by atoms with Crippen LogP contribution >= 0.6 is 22.9 Å². The summed E-state index contributed by atoms with van der Waals surface area (Å²) in [5.41, 5.74) is 3.87. The molecule has 0 saturated heterocycles. The van der Waals surface area contributed by atoms with Gasteiger partial charge in [0.2, 0.25) is 0 Å². The minimum atomic E-state index is -0.109. The Labute approximate surface area is 166 Å². The molecule has 2 aromatic carbocycles. The predicted molar refractivity (Wildman–Crippen MR) is 113 cm³/mol. The number of hydrogen-bond donors (Lipinski definition) is 1. The molecule has 1 N–H and O–H groups in total. The van der Waals surface area contributed by atoms with E-state index in [1.165, 1.54) is 16.9 Å². The molecule has 0 aliphatic carbocycles. The number of nitrogens with zero attached hydrogens (tertiary/aromatic N) is 2. The molecular formula is C21H18ClN3OS. The van der Waals surface area contributed by atoms with Crippen LogP contribution in [-0.4, -0.2) is 15.7 Å². The molecule has 0 spiro atoms. The van der Waals surface area contributed by atoms with E-state index in [2.05, 4.69) is 17.3 Å². The summed E-state index contributed by atoms with van der Waals surface area (Å²) in [6, 6.07) is 17.4. The van der Waals surface area contributed by atoms with E-state index in [1.54, 1.807) is 0 Å². The first kappa shape index (κ1) is 17.8. The van der Waals surface area contributed by atoms with Crippen molar-refractivity contribution in [3.8, 4) is 11.3 Å². The molecule has 4 rings (SSSR count). The highest BCUT2D eigenvalue weighted by Crippen LogP contribution is 2.34. The Morgan fingerprint density at radius 2 is 1.85 bits per heavy atom. The van der Waals surface area contributed by atoms with Crippen molar-refractivity contribution in [1.29, 1.82) is 0 Å². The van der Waals surface area contributed by atoms with Crippen LogP contribution in [0.2, 0.25) is 5.02 Å². The molecule has 0 aliphatic rings. The number of fused-ring (bicyclic) bond motifs is 1. The average molecular weight is 396 g/mol. The Hall–Kier alpha value is -2.63. The second kappa shape index (κ2) is 7.18. The van der Waals surface area contributed by atoms with Gasteiger partial charge in [-0.05, 0) is 42.3 Å². The van der Waals surface area contributed by atoms with Crippen molar-refractivity contribution >= 4 is 44.7 Å². The molecule has 27 heavy (non-hydrogen) atoms. The van der Waals surface area contributed by atoms with Crippen molar-refractivity contribution in [2.75, 3.05) is 5.32 Å². The highest BCUT2D eigenvalue weighted by molar-refractivity contribution is 7.20. The van der Waals surface area contributed by atoms with Crippen LogP contribution in [0.15, 0.2) is 54.6 Å². The van der Waals surface area contributed by atoms with E-state index < -0.39 is 0 Å². The number of benzene rings is 2. The zero-order valence-corrected chi connectivity index (χ0v) is 16.6. The maximum absolute atomic E-state index is 12.7. The minimum Gasteiger partial charge on any atom is -0.321 e. The molecule has 2 heterocycles. The molecule has 6 heteroatoms. The molecular weight excluding hydrogens is 378 g/mol. The molecule has 0 fully saturated rings. The maximum Gasteiger partial charge on any atom is 0.265 e. The van der Waals surface area contributed by atoms with Gasteiger partial charge in [0.05, 0.1) is 4.88 Å². The largest absolute Gasteiger partial charge is 0.321 e. The molecule has 0 saturated carbocycles. The van der Waals surface area contributed by atoms with Gasteiger partial charge < -0.3 is 5.32 Å². The van der Waals surface area contributed by atoms with E-state index in [0.29, 0.717) is 9.90 Å². The maximum atomic E-state index is 12.7. The van der Waals surface area contributed by atoms with E-state index >= 15 is 0 Å². The number of carbonyl (C=O) groups excluding carboxylic acids is 1. The summed E-state index contributed by atoms with van der Waals surface area (Å²) in [4.78, 5) is 14.3. The molecule has 2 aromatic heterocycles. The minimum absolute atomic E-state index is 0.109. The topological polar surface area (TPSA) is 46.9 Å². The smallest absolute Gasteiger partial charge is 0.265 e. The van der Waals surface area contributed by atoms with Gasteiger partial charge in [0.15, 0.2) is 0 Å². The number of aromatic nitrogens is 2. The van der Waals surface area contributed by atoms with Gasteiger partial charge in [0.1, 0.15) is 10.5 Å². The Bertz CT molecular complexity index is 1110. The molecule has 0 atom stereocenters. The number of hydrogen-bond acceptors (Lipinski definition) is 3. The Kier molecular flexibility index (Phi) is 4.72. The van der Waals surface area contributed by atoms with Crippen molar-refractivity contribution < 1.29 is 4.79 Å². The van der Waals surface area contributed by atoms with E-state index in [9.17, 15) is 4.79 Å². The summed E-state index contributed by atoms with van der Waals surface area (Å²) in [5, 5.41) is 9.23. The first-order valence-corrected chi connectivity index (χ1v) is 9.87. The van der Waals surface area contributed by atoms with Crippen LogP contribution in [0.25, 0.3) is 21.5 Å². The lowest BCUT2D eigenvalue weighted by atomic mass is 10.1. The lowest BCUT2D eigenvalue weighted by molar-refractivity contribution is 0.103. The molecule has 0 unspecified atom stereocenters. The average Bonchev–Trinajstić information content (AvgIpc) is 3.24. The Morgan fingerprint density at radius 3 is 2.52 bits per heavy atom. The van der Waals surface area contributed by atoms with Crippen molar-refractivity contribution in [1.82, 2.24) is 9.78 Å². The Morgan fingerprint density at radius 1 is 1.15 bits per heavy atom. The molecule has 0 aliphatic heterocycles.